The Balaban J connectivity index is 1.93. The number of imidazole rings is 1. The van der Waals surface area contributed by atoms with E-state index < -0.39 is 11.7 Å². The predicted molar refractivity (Wildman–Crippen MR) is 78.4 cm³/mol. The van der Waals surface area contributed by atoms with Crippen molar-refractivity contribution in [3.8, 4) is 16.9 Å². The van der Waals surface area contributed by atoms with E-state index in [0.717, 1.165) is 17.8 Å². The Kier molecular flexibility index (Phi) is 3.36. The third kappa shape index (κ3) is 2.67. The molecule has 3 rings (SSSR count). The quantitative estimate of drug-likeness (QED) is 0.723. The summed E-state index contributed by atoms with van der Waals surface area (Å²) in [4.78, 5) is 4.22. The monoisotopic (exact) mass is 303 g/mol. The van der Waals surface area contributed by atoms with Crippen LogP contribution in [0, 0.1) is 0 Å². The minimum Gasteiger partial charge on any atom is -0.397 e. The van der Waals surface area contributed by atoms with E-state index in [2.05, 4.69) is 4.98 Å². The van der Waals surface area contributed by atoms with Crippen LogP contribution in [0.15, 0.2) is 61.1 Å². The maximum Gasteiger partial charge on any atom is 0.416 e. The first-order valence-corrected chi connectivity index (χ1v) is 6.51. The largest absolute Gasteiger partial charge is 0.416 e. The van der Waals surface area contributed by atoms with Gasteiger partial charge >= 0.3 is 6.18 Å². The van der Waals surface area contributed by atoms with Gasteiger partial charge in [-0.15, -0.1) is 0 Å². The third-order valence-electron chi connectivity index (χ3n) is 3.31. The molecule has 0 atom stereocenters. The van der Waals surface area contributed by atoms with E-state index in [-0.39, 0.29) is 0 Å². The fourth-order valence-corrected chi connectivity index (χ4v) is 2.16. The summed E-state index contributed by atoms with van der Waals surface area (Å²) in [5, 5.41) is 0. The van der Waals surface area contributed by atoms with Crippen molar-refractivity contribution in [1.82, 2.24) is 9.55 Å². The highest BCUT2D eigenvalue weighted by Gasteiger charge is 2.30. The van der Waals surface area contributed by atoms with Crippen LogP contribution in [-0.2, 0) is 6.18 Å². The van der Waals surface area contributed by atoms with Gasteiger partial charge in [-0.05, 0) is 24.3 Å². The van der Waals surface area contributed by atoms with Crippen molar-refractivity contribution in [1.29, 1.82) is 0 Å². The summed E-state index contributed by atoms with van der Waals surface area (Å²) in [5.41, 5.74) is 7.78. The van der Waals surface area contributed by atoms with E-state index in [1.54, 1.807) is 23.2 Å². The summed E-state index contributed by atoms with van der Waals surface area (Å²) in [6.07, 6.45) is -1.02. The van der Waals surface area contributed by atoms with Crippen molar-refractivity contribution >= 4 is 5.69 Å². The minimum atomic E-state index is -4.34. The van der Waals surface area contributed by atoms with Gasteiger partial charge in [0.15, 0.2) is 0 Å². The molecule has 2 N–H and O–H groups in total. The average molecular weight is 303 g/mol. The summed E-state index contributed by atoms with van der Waals surface area (Å²) in [6, 6.07) is 12.2. The van der Waals surface area contributed by atoms with Crippen LogP contribution >= 0.6 is 0 Å². The Morgan fingerprint density at radius 2 is 1.64 bits per heavy atom. The Hall–Kier alpha value is -2.76. The van der Waals surface area contributed by atoms with Gasteiger partial charge in [0.05, 0.1) is 29.0 Å². The van der Waals surface area contributed by atoms with Crippen molar-refractivity contribution in [3.63, 3.8) is 0 Å². The number of hydrogen-bond donors (Lipinski definition) is 1. The maximum absolute atomic E-state index is 12.6. The van der Waals surface area contributed by atoms with Crippen molar-refractivity contribution in [2.24, 2.45) is 0 Å². The lowest BCUT2D eigenvalue weighted by Crippen LogP contribution is -2.03. The fourth-order valence-electron chi connectivity index (χ4n) is 2.16. The van der Waals surface area contributed by atoms with E-state index in [1.807, 2.05) is 18.2 Å². The molecule has 0 aliphatic rings. The minimum absolute atomic E-state index is 0.581. The van der Waals surface area contributed by atoms with Gasteiger partial charge in [-0.25, -0.2) is 4.98 Å². The third-order valence-corrected chi connectivity index (χ3v) is 3.31. The summed E-state index contributed by atoms with van der Waals surface area (Å²) < 4.78 is 39.4. The summed E-state index contributed by atoms with van der Waals surface area (Å²) in [5.74, 6) is 0. The Bertz CT molecular complexity index is 789. The van der Waals surface area contributed by atoms with Crippen molar-refractivity contribution in [2.45, 2.75) is 6.18 Å². The molecule has 6 heteroatoms. The molecule has 22 heavy (non-hydrogen) atoms. The molecular weight excluding hydrogens is 291 g/mol. The lowest BCUT2D eigenvalue weighted by atomic mass is 10.1. The number of nitrogens with zero attached hydrogens (tertiary/aromatic N) is 2. The van der Waals surface area contributed by atoms with E-state index in [1.165, 1.54) is 12.1 Å². The van der Waals surface area contributed by atoms with Crippen molar-refractivity contribution in [2.75, 3.05) is 5.73 Å². The molecule has 0 radical (unpaired) electrons. The van der Waals surface area contributed by atoms with Gasteiger partial charge < -0.3 is 10.3 Å². The summed E-state index contributed by atoms with van der Waals surface area (Å²) in [6.45, 7) is 0. The molecule has 0 bridgehead atoms. The number of para-hydroxylation sites is 2. The van der Waals surface area contributed by atoms with Crippen molar-refractivity contribution < 1.29 is 13.2 Å². The topological polar surface area (TPSA) is 43.8 Å². The van der Waals surface area contributed by atoms with Gasteiger partial charge in [-0.1, -0.05) is 24.3 Å². The molecule has 112 valence electrons. The lowest BCUT2D eigenvalue weighted by Gasteiger charge is -2.06. The van der Waals surface area contributed by atoms with Gasteiger partial charge in [0.2, 0.25) is 0 Å². The zero-order valence-corrected chi connectivity index (χ0v) is 11.4. The second-order valence-electron chi connectivity index (χ2n) is 4.80. The smallest absolute Gasteiger partial charge is 0.397 e. The molecule has 0 fully saturated rings. The molecule has 3 aromatic rings. The molecule has 1 aromatic heterocycles. The van der Waals surface area contributed by atoms with Crippen LogP contribution in [0.3, 0.4) is 0 Å². The number of aromatic nitrogens is 2. The second kappa shape index (κ2) is 5.22. The molecule has 0 aliphatic carbocycles. The first kappa shape index (κ1) is 14.2. The van der Waals surface area contributed by atoms with Crippen LogP contribution < -0.4 is 5.73 Å². The average Bonchev–Trinajstić information content (AvgIpc) is 2.96. The Labute approximate surface area is 124 Å². The van der Waals surface area contributed by atoms with Gasteiger partial charge in [-0.2, -0.15) is 13.2 Å². The first-order chi connectivity index (χ1) is 10.4. The second-order valence-corrected chi connectivity index (χ2v) is 4.80. The molecule has 3 nitrogen and oxygen atoms in total. The van der Waals surface area contributed by atoms with Crippen LogP contribution in [0.4, 0.5) is 18.9 Å². The number of nitrogen functional groups attached to an aromatic ring is 1. The number of halogens is 3. The molecule has 0 amide bonds. The molecule has 1 heterocycles. The maximum atomic E-state index is 12.6. The van der Waals surface area contributed by atoms with Gasteiger partial charge in [0.25, 0.3) is 0 Å². The number of benzene rings is 2. The summed E-state index contributed by atoms with van der Waals surface area (Å²) in [7, 11) is 0. The number of alkyl halides is 3. The van der Waals surface area contributed by atoms with Gasteiger partial charge in [0.1, 0.15) is 0 Å². The molecular formula is C16H12F3N3. The number of hydrogen-bond acceptors (Lipinski definition) is 2. The lowest BCUT2D eigenvalue weighted by molar-refractivity contribution is -0.137. The van der Waals surface area contributed by atoms with Gasteiger partial charge in [0, 0.05) is 11.8 Å². The standard InChI is InChI=1S/C16H12F3N3/c17-16(18,19)12-7-5-11(6-8-12)14-9-22(10-21-14)15-4-2-1-3-13(15)20/h1-10H,20H2. The Morgan fingerprint density at radius 3 is 2.27 bits per heavy atom. The molecule has 0 aliphatic heterocycles. The van der Waals surface area contributed by atoms with E-state index in [4.69, 9.17) is 5.73 Å². The van der Waals surface area contributed by atoms with Crippen LogP contribution in [0.25, 0.3) is 16.9 Å². The van der Waals surface area contributed by atoms with E-state index >= 15 is 0 Å². The molecule has 0 saturated carbocycles. The highest BCUT2D eigenvalue weighted by atomic mass is 19.4. The van der Waals surface area contributed by atoms with Crippen LogP contribution in [0.5, 0.6) is 0 Å². The Morgan fingerprint density at radius 1 is 0.955 bits per heavy atom. The highest BCUT2D eigenvalue weighted by Crippen LogP contribution is 2.30. The number of nitrogens with two attached hydrogens (primary N) is 1. The summed E-state index contributed by atoms with van der Waals surface area (Å²) >= 11 is 0. The molecule has 0 unspecified atom stereocenters. The number of rotatable bonds is 2. The molecule has 0 saturated heterocycles. The van der Waals surface area contributed by atoms with Crippen molar-refractivity contribution in [3.05, 3.63) is 66.6 Å². The first-order valence-electron chi connectivity index (χ1n) is 6.51. The zero-order valence-electron chi connectivity index (χ0n) is 11.4. The van der Waals surface area contributed by atoms with E-state index in [0.29, 0.717) is 16.9 Å². The predicted octanol–water partition coefficient (Wildman–Crippen LogP) is 4.14. The molecule has 2 aromatic carbocycles. The van der Waals surface area contributed by atoms with Crippen LogP contribution in [0.1, 0.15) is 5.56 Å². The fraction of sp³-hybridized carbons (Fsp3) is 0.0625. The molecule has 0 spiro atoms. The normalized spacial score (nSPS) is 11.6. The SMILES string of the molecule is Nc1ccccc1-n1cnc(-c2ccc(C(F)(F)F)cc2)c1. The van der Waals surface area contributed by atoms with Crippen LogP contribution in [0.2, 0.25) is 0 Å². The highest BCUT2D eigenvalue weighted by molar-refractivity contribution is 5.62. The van der Waals surface area contributed by atoms with Crippen LogP contribution in [-0.4, -0.2) is 9.55 Å². The van der Waals surface area contributed by atoms with E-state index in [9.17, 15) is 13.2 Å². The van der Waals surface area contributed by atoms with Gasteiger partial charge in [-0.3, -0.25) is 0 Å². The number of anilines is 1. The zero-order chi connectivity index (χ0) is 15.7.